The highest BCUT2D eigenvalue weighted by atomic mass is 35.5. The number of benzene rings is 2. The van der Waals surface area contributed by atoms with E-state index in [1.54, 1.807) is 49.4 Å². The molecule has 0 aliphatic rings. The van der Waals surface area contributed by atoms with Crippen molar-refractivity contribution < 1.29 is 14.3 Å². The van der Waals surface area contributed by atoms with Gasteiger partial charge in [0.25, 0.3) is 11.5 Å². The molecular weight excluding hydrogens is 440 g/mol. The van der Waals surface area contributed by atoms with Crippen LogP contribution in [0, 0.1) is 6.92 Å². The Kier molecular flexibility index (Phi) is 5.79. The molecule has 1 N–H and O–H groups in total. The topological polar surface area (TPSA) is 103 Å². The van der Waals surface area contributed by atoms with Gasteiger partial charge in [0, 0.05) is 16.7 Å². The van der Waals surface area contributed by atoms with Crippen molar-refractivity contribution in [3.05, 3.63) is 91.8 Å². The summed E-state index contributed by atoms with van der Waals surface area (Å²) < 4.78 is 6.54. The van der Waals surface area contributed by atoms with E-state index in [-0.39, 0.29) is 17.7 Å². The number of ether oxygens (including phenoxy) is 1. The standard InChI is InChI=1S/C21H15ClN4O4S/c1-12-25-26-18(27)10-15(23-21(26)31-12)11-30-20(29)16-4-2-3-5-17(16)24-19(28)13-6-8-14(22)9-7-13/h2-10H,11H2,1H3,(H,24,28). The zero-order valence-electron chi connectivity index (χ0n) is 16.2. The Morgan fingerprint density at radius 2 is 1.90 bits per heavy atom. The van der Waals surface area contributed by atoms with Gasteiger partial charge in [-0.3, -0.25) is 9.59 Å². The van der Waals surface area contributed by atoms with Gasteiger partial charge >= 0.3 is 5.97 Å². The van der Waals surface area contributed by atoms with Crippen LogP contribution in [0.2, 0.25) is 5.02 Å². The Labute approximate surface area is 185 Å². The Hall–Kier alpha value is -3.56. The number of carbonyl (C=O) groups excluding carboxylic acids is 2. The Morgan fingerprint density at radius 3 is 2.68 bits per heavy atom. The first-order chi connectivity index (χ1) is 14.9. The number of aromatic nitrogens is 3. The van der Waals surface area contributed by atoms with Crippen molar-refractivity contribution in [2.45, 2.75) is 13.5 Å². The zero-order chi connectivity index (χ0) is 22.0. The Bertz CT molecular complexity index is 1350. The third kappa shape index (κ3) is 4.62. The number of anilines is 1. The number of hydrogen-bond donors (Lipinski definition) is 1. The predicted molar refractivity (Wildman–Crippen MR) is 117 cm³/mol. The first-order valence-corrected chi connectivity index (χ1v) is 10.3. The van der Waals surface area contributed by atoms with Crippen molar-refractivity contribution in [2.75, 3.05) is 5.32 Å². The lowest BCUT2D eigenvalue weighted by atomic mass is 10.1. The van der Waals surface area contributed by atoms with Crippen LogP contribution < -0.4 is 10.9 Å². The molecular formula is C21H15ClN4O4S. The minimum atomic E-state index is -0.658. The number of carbonyl (C=O) groups is 2. The number of fused-ring (bicyclic) bond motifs is 1. The maximum absolute atomic E-state index is 12.6. The van der Waals surface area contributed by atoms with Gasteiger partial charge in [-0.15, -0.1) is 0 Å². The van der Waals surface area contributed by atoms with Crippen molar-refractivity contribution in [1.82, 2.24) is 14.6 Å². The summed E-state index contributed by atoms with van der Waals surface area (Å²) in [7, 11) is 0. The lowest BCUT2D eigenvalue weighted by molar-refractivity contribution is 0.0469. The highest BCUT2D eigenvalue weighted by Gasteiger charge is 2.16. The Morgan fingerprint density at radius 1 is 1.16 bits per heavy atom. The maximum atomic E-state index is 12.6. The molecule has 0 fully saturated rings. The van der Waals surface area contributed by atoms with Crippen molar-refractivity contribution in [2.24, 2.45) is 0 Å². The molecule has 1 amide bonds. The molecule has 0 atom stereocenters. The summed E-state index contributed by atoms with van der Waals surface area (Å²) in [5.41, 5.74) is 0.830. The first kappa shape index (κ1) is 20.7. The lowest BCUT2D eigenvalue weighted by Gasteiger charge is -2.11. The van der Waals surface area contributed by atoms with Crippen molar-refractivity contribution in [3.63, 3.8) is 0 Å². The molecule has 0 aliphatic carbocycles. The molecule has 4 aromatic rings. The van der Waals surface area contributed by atoms with Crippen LogP contribution in [0.25, 0.3) is 4.96 Å². The fraction of sp³-hybridized carbons (Fsp3) is 0.0952. The van der Waals surface area contributed by atoms with Gasteiger partial charge < -0.3 is 10.1 Å². The summed E-state index contributed by atoms with van der Waals surface area (Å²) in [6, 6.07) is 14.1. The molecule has 8 nitrogen and oxygen atoms in total. The van der Waals surface area contributed by atoms with Gasteiger partial charge in [0.15, 0.2) is 0 Å². The van der Waals surface area contributed by atoms with Crippen molar-refractivity contribution >= 4 is 45.5 Å². The van der Waals surface area contributed by atoms with E-state index in [0.717, 1.165) is 0 Å². The molecule has 10 heteroatoms. The molecule has 2 heterocycles. The average Bonchev–Trinajstić information content (AvgIpc) is 3.13. The minimum absolute atomic E-state index is 0.177. The lowest BCUT2D eigenvalue weighted by Crippen LogP contribution is -2.18. The number of nitrogens with one attached hydrogen (secondary N) is 1. The number of rotatable bonds is 5. The van der Waals surface area contributed by atoms with Crippen LogP contribution in [-0.2, 0) is 11.3 Å². The van der Waals surface area contributed by atoms with E-state index in [4.69, 9.17) is 16.3 Å². The van der Waals surface area contributed by atoms with Crippen LogP contribution in [0.15, 0.2) is 59.4 Å². The molecule has 4 rings (SSSR count). The van der Waals surface area contributed by atoms with Crippen LogP contribution in [0.4, 0.5) is 5.69 Å². The smallest absolute Gasteiger partial charge is 0.340 e. The molecule has 0 unspecified atom stereocenters. The molecule has 0 aliphatic heterocycles. The van der Waals surface area contributed by atoms with E-state index in [9.17, 15) is 14.4 Å². The molecule has 0 saturated heterocycles. The number of esters is 1. The SMILES string of the molecule is Cc1nn2c(=O)cc(COC(=O)c3ccccc3NC(=O)c3ccc(Cl)cc3)nc2s1. The van der Waals surface area contributed by atoms with Gasteiger partial charge in [0.05, 0.1) is 16.9 Å². The quantitative estimate of drug-likeness (QED) is 0.461. The average molecular weight is 455 g/mol. The number of hydrogen-bond acceptors (Lipinski definition) is 7. The monoisotopic (exact) mass is 454 g/mol. The van der Waals surface area contributed by atoms with Crippen LogP contribution >= 0.6 is 22.9 Å². The fourth-order valence-electron chi connectivity index (χ4n) is 2.81. The summed E-state index contributed by atoms with van der Waals surface area (Å²) in [6.07, 6.45) is 0. The molecule has 2 aromatic carbocycles. The fourth-order valence-corrected chi connectivity index (χ4v) is 3.70. The minimum Gasteiger partial charge on any atom is -0.456 e. The van der Waals surface area contributed by atoms with E-state index in [1.165, 1.54) is 28.0 Å². The van der Waals surface area contributed by atoms with E-state index < -0.39 is 11.9 Å². The molecule has 0 bridgehead atoms. The molecule has 0 radical (unpaired) electrons. The summed E-state index contributed by atoms with van der Waals surface area (Å²) in [4.78, 5) is 42.0. The van der Waals surface area contributed by atoms with Crippen molar-refractivity contribution in [1.29, 1.82) is 0 Å². The molecule has 31 heavy (non-hydrogen) atoms. The largest absolute Gasteiger partial charge is 0.456 e. The normalized spacial score (nSPS) is 10.8. The van der Waals surface area contributed by atoms with Gasteiger partial charge in [-0.05, 0) is 43.3 Å². The molecule has 2 aromatic heterocycles. The van der Waals surface area contributed by atoms with Gasteiger partial charge in [0.1, 0.15) is 11.6 Å². The van der Waals surface area contributed by atoms with Gasteiger partial charge in [-0.2, -0.15) is 9.61 Å². The van der Waals surface area contributed by atoms with Crippen LogP contribution in [0.5, 0.6) is 0 Å². The van der Waals surface area contributed by atoms with E-state index in [1.807, 2.05) is 0 Å². The third-order valence-electron chi connectivity index (χ3n) is 4.25. The van der Waals surface area contributed by atoms with Crippen LogP contribution in [0.3, 0.4) is 0 Å². The molecule has 0 saturated carbocycles. The highest BCUT2D eigenvalue weighted by molar-refractivity contribution is 7.16. The van der Waals surface area contributed by atoms with E-state index in [2.05, 4.69) is 15.4 Å². The second-order valence-electron chi connectivity index (χ2n) is 6.48. The number of amides is 1. The van der Waals surface area contributed by atoms with Crippen LogP contribution in [0.1, 0.15) is 31.4 Å². The summed E-state index contributed by atoms with van der Waals surface area (Å²) in [5, 5.41) is 7.99. The molecule has 0 spiro atoms. The number of halogens is 1. The summed E-state index contributed by atoms with van der Waals surface area (Å²) in [5.74, 6) is -1.05. The van der Waals surface area contributed by atoms with Gasteiger partial charge in [0.2, 0.25) is 4.96 Å². The summed E-state index contributed by atoms with van der Waals surface area (Å²) in [6.45, 7) is 1.58. The third-order valence-corrected chi connectivity index (χ3v) is 5.33. The molecule has 156 valence electrons. The number of nitrogens with zero attached hydrogens (tertiary/aromatic N) is 3. The maximum Gasteiger partial charge on any atom is 0.340 e. The number of aryl methyl sites for hydroxylation is 1. The second-order valence-corrected chi connectivity index (χ2v) is 8.08. The number of para-hydroxylation sites is 1. The summed E-state index contributed by atoms with van der Waals surface area (Å²) >= 11 is 7.11. The second kappa shape index (κ2) is 8.66. The van der Waals surface area contributed by atoms with E-state index in [0.29, 0.717) is 31.9 Å². The predicted octanol–water partition coefficient (Wildman–Crippen LogP) is 3.72. The van der Waals surface area contributed by atoms with E-state index >= 15 is 0 Å². The van der Waals surface area contributed by atoms with Gasteiger partial charge in [-0.25, -0.2) is 9.78 Å². The van der Waals surface area contributed by atoms with Gasteiger partial charge in [-0.1, -0.05) is 35.1 Å². The van der Waals surface area contributed by atoms with Crippen LogP contribution in [-0.4, -0.2) is 26.5 Å². The van der Waals surface area contributed by atoms with Crippen molar-refractivity contribution in [3.8, 4) is 0 Å². The first-order valence-electron chi connectivity index (χ1n) is 9.10. The Balaban J connectivity index is 1.50. The zero-order valence-corrected chi connectivity index (χ0v) is 17.7. The highest BCUT2D eigenvalue weighted by Crippen LogP contribution is 2.19.